The smallest absolute Gasteiger partial charge is 0.242 e. The Bertz CT molecular complexity index is 106. The summed E-state index contributed by atoms with van der Waals surface area (Å²) in [6.45, 7) is 3.28. The van der Waals surface area contributed by atoms with Crippen LogP contribution in [0.25, 0.3) is 0 Å². The minimum Gasteiger partial charge on any atom is -0.316 e. The fraction of sp³-hybridized carbons (Fsp3) is 1.00. The SMILES string of the molecule is CC1CCNCC1C(F)F. The van der Waals surface area contributed by atoms with Crippen molar-refractivity contribution in [3.63, 3.8) is 0 Å². The van der Waals surface area contributed by atoms with E-state index in [4.69, 9.17) is 0 Å². The zero-order valence-electron chi connectivity index (χ0n) is 6.11. The molecular formula is C7H13F2N. The van der Waals surface area contributed by atoms with E-state index in [0.717, 1.165) is 13.0 Å². The van der Waals surface area contributed by atoms with Gasteiger partial charge in [-0.1, -0.05) is 6.92 Å². The molecule has 1 aliphatic heterocycles. The van der Waals surface area contributed by atoms with Crippen molar-refractivity contribution >= 4 is 0 Å². The summed E-state index contributed by atoms with van der Waals surface area (Å²) in [5.41, 5.74) is 0. The van der Waals surface area contributed by atoms with E-state index in [2.05, 4.69) is 5.32 Å². The van der Waals surface area contributed by atoms with Gasteiger partial charge in [0.2, 0.25) is 6.43 Å². The lowest BCUT2D eigenvalue weighted by molar-refractivity contribution is 0.0350. The summed E-state index contributed by atoms with van der Waals surface area (Å²) in [5.74, 6) is -0.241. The molecule has 1 N–H and O–H groups in total. The van der Waals surface area contributed by atoms with Gasteiger partial charge in [-0.2, -0.15) is 0 Å². The molecule has 0 aliphatic carbocycles. The monoisotopic (exact) mass is 149 g/mol. The summed E-state index contributed by atoms with van der Waals surface area (Å²) in [6.07, 6.45) is -1.27. The van der Waals surface area contributed by atoms with Crippen LogP contribution in [0.3, 0.4) is 0 Å². The zero-order chi connectivity index (χ0) is 7.56. The van der Waals surface area contributed by atoms with E-state index in [1.165, 1.54) is 0 Å². The maximum absolute atomic E-state index is 12.1. The third-order valence-electron chi connectivity index (χ3n) is 2.21. The highest BCUT2D eigenvalue weighted by Gasteiger charge is 2.28. The van der Waals surface area contributed by atoms with Gasteiger partial charge in [0.25, 0.3) is 0 Å². The molecule has 0 aromatic carbocycles. The number of nitrogens with one attached hydrogen (secondary N) is 1. The average molecular weight is 149 g/mol. The van der Waals surface area contributed by atoms with E-state index in [1.54, 1.807) is 0 Å². The van der Waals surface area contributed by atoms with Crippen molar-refractivity contribution in [3.8, 4) is 0 Å². The van der Waals surface area contributed by atoms with Crippen LogP contribution in [0.2, 0.25) is 0 Å². The Hall–Kier alpha value is -0.180. The van der Waals surface area contributed by atoms with Crippen LogP contribution in [-0.2, 0) is 0 Å². The maximum Gasteiger partial charge on any atom is 0.242 e. The lowest BCUT2D eigenvalue weighted by atomic mass is 9.88. The average Bonchev–Trinajstić information content (AvgIpc) is 1.88. The molecule has 10 heavy (non-hydrogen) atoms. The molecule has 1 fully saturated rings. The first kappa shape index (κ1) is 7.92. The number of hydrogen-bond acceptors (Lipinski definition) is 1. The highest BCUT2D eigenvalue weighted by molar-refractivity contribution is 4.76. The Morgan fingerprint density at radius 1 is 1.50 bits per heavy atom. The van der Waals surface area contributed by atoms with Gasteiger partial charge in [-0.15, -0.1) is 0 Å². The molecule has 2 atom stereocenters. The number of halogens is 2. The molecule has 0 amide bonds. The summed E-state index contributed by atoms with van der Waals surface area (Å²) in [6, 6.07) is 0. The summed E-state index contributed by atoms with van der Waals surface area (Å²) in [7, 11) is 0. The molecule has 1 saturated heterocycles. The number of alkyl halides is 2. The van der Waals surface area contributed by atoms with Gasteiger partial charge in [-0.3, -0.25) is 0 Å². The minimum atomic E-state index is -2.15. The van der Waals surface area contributed by atoms with Crippen LogP contribution in [0.4, 0.5) is 8.78 Å². The van der Waals surface area contributed by atoms with Gasteiger partial charge in [0.05, 0.1) is 0 Å². The Labute approximate surface area is 59.8 Å². The largest absolute Gasteiger partial charge is 0.316 e. The molecule has 0 saturated carbocycles. The number of rotatable bonds is 1. The van der Waals surface area contributed by atoms with Gasteiger partial charge in [0, 0.05) is 12.5 Å². The fourth-order valence-corrected chi connectivity index (χ4v) is 1.35. The molecule has 2 unspecified atom stereocenters. The summed E-state index contributed by atoms with van der Waals surface area (Å²) >= 11 is 0. The van der Waals surface area contributed by atoms with Crippen LogP contribution in [0.5, 0.6) is 0 Å². The molecule has 0 aromatic heterocycles. The van der Waals surface area contributed by atoms with E-state index in [-0.39, 0.29) is 5.92 Å². The van der Waals surface area contributed by atoms with Crippen molar-refractivity contribution in [1.29, 1.82) is 0 Å². The Morgan fingerprint density at radius 2 is 2.20 bits per heavy atom. The van der Waals surface area contributed by atoms with E-state index >= 15 is 0 Å². The van der Waals surface area contributed by atoms with Crippen LogP contribution >= 0.6 is 0 Å². The fourth-order valence-electron chi connectivity index (χ4n) is 1.35. The van der Waals surface area contributed by atoms with Crippen LogP contribution in [0.15, 0.2) is 0 Å². The van der Waals surface area contributed by atoms with Gasteiger partial charge in [0.1, 0.15) is 0 Å². The zero-order valence-corrected chi connectivity index (χ0v) is 6.11. The van der Waals surface area contributed by atoms with Crippen molar-refractivity contribution in [2.75, 3.05) is 13.1 Å². The topological polar surface area (TPSA) is 12.0 Å². The van der Waals surface area contributed by atoms with E-state index in [9.17, 15) is 8.78 Å². The molecular weight excluding hydrogens is 136 g/mol. The number of piperidine rings is 1. The van der Waals surface area contributed by atoms with E-state index in [1.807, 2.05) is 6.92 Å². The minimum absolute atomic E-state index is 0.182. The predicted molar refractivity (Wildman–Crippen MR) is 36.1 cm³/mol. The maximum atomic E-state index is 12.1. The van der Waals surface area contributed by atoms with Crippen molar-refractivity contribution in [3.05, 3.63) is 0 Å². The van der Waals surface area contributed by atoms with Gasteiger partial charge in [-0.05, 0) is 18.9 Å². The normalized spacial score (nSPS) is 34.8. The summed E-state index contributed by atoms with van der Waals surface area (Å²) in [4.78, 5) is 0. The van der Waals surface area contributed by atoms with E-state index < -0.39 is 12.3 Å². The van der Waals surface area contributed by atoms with Gasteiger partial charge in [-0.25, -0.2) is 8.78 Å². The Balaban J connectivity index is 2.40. The van der Waals surface area contributed by atoms with Crippen LogP contribution in [0.1, 0.15) is 13.3 Å². The molecule has 1 nitrogen and oxygen atoms in total. The molecule has 0 spiro atoms. The molecule has 0 bridgehead atoms. The molecule has 1 heterocycles. The first-order chi connectivity index (χ1) is 4.72. The van der Waals surface area contributed by atoms with Crippen LogP contribution in [-0.4, -0.2) is 19.5 Å². The standard InChI is InChI=1S/C7H13F2N/c1-5-2-3-10-4-6(5)7(8)9/h5-7,10H,2-4H2,1H3. The Morgan fingerprint density at radius 3 is 2.60 bits per heavy atom. The molecule has 0 radical (unpaired) electrons. The lowest BCUT2D eigenvalue weighted by Gasteiger charge is -2.28. The van der Waals surface area contributed by atoms with Crippen molar-refractivity contribution in [2.24, 2.45) is 11.8 Å². The van der Waals surface area contributed by atoms with Crippen molar-refractivity contribution < 1.29 is 8.78 Å². The van der Waals surface area contributed by atoms with Crippen molar-refractivity contribution in [2.45, 2.75) is 19.8 Å². The molecule has 1 aliphatic rings. The third kappa shape index (κ3) is 1.66. The third-order valence-corrected chi connectivity index (χ3v) is 2.21. The van der Waals surface area contributed by atoms with E-state index in [0.29, 0.717) is 6.54 Å². The Kier molecular flexibility index (Phi) is 2.60. The van der Waals surface area contributed by atoms with Crippen LogP contribution < -0.4 is 5.32 Å². The first-order valence-corrected chi connectivity index (χ1v) is 3.70. The predicted octanol–water partition coefficient (Wildman–Crippen LogP) is 1.50. The molecule has 1 rings (SSSR count). The first-order valence-electron chi connectivity index (χ1n) is 3.70. The summed E-state index contributed by atoms with van der Waals surface area (Å²) in [5, 5.41) is 2.97. The highest BCUT2D eigenvalue weighted by atomic mass is 19.3. The summed E-state index contributed by atoms with van der Waals surface area (Å²) < 4.78 is 24.3. The van der Waals surface area contributed by atoms with Gasteiger partial charge < -0.3 is 5.32 Å². The second-order valence-electron chi connectivity index (χ2n) is 2.97. The van der Waals surface area contributed by atoms with Crippen LogP contribution in [0, 0.1) is 11.8 Å². The second-order valence-corrected chi connectivity index (χ2v) is 2.97. The molecule has 60 valence electrons. The second kappa shape index (κ2) is 3.28. The highest BCUT2D eigenvalue weighted by Crippen LogP contribution is 2.23. The molecule has 3 heteroatoms. The van der Waals surface area contributed by atoms with Crippen molar-refractivity contribution in [1.82, 2.24) is 5.32 Å². The van der Waals surface area contributed by atoms with Gasteiger partial charge >= 0.3 is 0 Å². The molecule has 0 aromatic rings. The number of hydrogen-bond donors (Lipinski definition) is 1. The van der Waals surface area contributed by atoms with Gasteiger partial charge in [0.15, 0.2) is 0 Å². The quantitative estimate of drug-likeness (QED) is 0.595. The lowest BCUT2D eigenvalue weighted by Crippen LogP contribution is -2.38.